The molecule has 3 aromatic rings. The summed E-state index contributed by atoms with van der Waals surface area (Å²) in [6.45, 7) is 3.53. The first kappa shape index (κ1) is 16.7. The molecule has 0 bridgehead atoms. The molecular weight excluding hydrogens is 340 g/mol. The molecule has 1 aromatic carbocycles. The maximum Gasteiger partial charge on any atom is 0.223 e. The number of hydrogen-bond donors (Lipinski definition) is 2. The van der Waals surface area contributed by atoms with E-state index >= 15 is 0 Å². The number of aromatic amines is 1. The number of H-pyrrole nitrogens is 1. The molecular formula is C17H18N4OS2. The van der Waals surface area contributed by atoms with E-state index in [9.17, 15) is 4.79 Å². The molecule has 2 N–H and O–H groups in total. The molecule has 0 aliphatic heterocycles. The average Bonchev–Trinajstić information content (AvgIpc) is 3.13. The van der Waals surface area contributed by atoms with Gasteiger partial charge in [0, 0.05) is 30.2 Å². The zero-order valence-corrected chi connectivity index (χ0v) is 15.1. The van der Waals surface area contributed by atoms with Crippen LogP contribution in [0.4, 0.5) is 5.13 Å². The van der Waals surface area contributed by atoms with Crippen molar-refractivity contribution < 1.29 is 4.79 Å². The smallest absolute Gasteiger partial charge is 0.223 e. The number of nitrogens with one attached hydrogen (secondary N) is 2. The fourth-order valence-corrected chi connectivity index (χ4v) is 3.91. The van der Waals surface area contributed by atoms with E-state index in [-0.39, 0.29) is 5.91 Å². The van der Waals surface area contributed by atoms with Gasteiger partial charge in [-0.25, -0.2) is 9.97 Å². The zero-order valence-electron chi connectivity index (χ0n) is 13.5. The van der Waals surface area contributed by atoms with Crippen LogP contribution in [0.2, 0.25) is 0 Å². The summed E-state index contributed by atoms with van der Waals surface area (Å²) in [5.74, 6) is 0.615. The predicted octanol–water partition coefficient (Wildman–Crippen LogP) is 4.02. The summed E-state index contributed by atoms with van der Waals surface area (Å²) in [6, 6.07) is 10.3. The van der Waals surface area contributed by atoms with Crippen molar-refractivity contribution in [2.45, 2.75) is 31.2 Å². The van der Waals surface area contributed by atoms with Gasteiger partial charge in [-0.2, -0.15) is 0 Å². The van der Waals surface area contributed by atoms with E-state index in [4.69, 9.17) is 0 Å². The first-order chi connectivity index (χ1) is 11.6. The lowest BCUT2D eigenvalue weighted by Crippen LogP contribution is -2.05. The van der Waals surface area contributed by atoms with Gasteiger partial charge in [0.15, 0.2) is 10.3 Å². The van der Waals surface area contributed by atoms with Crippen LogP contribution in [0.1, 0.15) is 29.6 Å². The monoisotopic (exact) mass is 358 g/mol. The molecule has 7 heteroatoms. The van der Waals surface area contributed by atoms with Gasteiger partial charge in [-0.1, -0.05) is 42.1 Å². The van der Waals surface area contributed by atoms with Crippen LogP contribution < -0.4 is 5.32 Å². The zero-order chi connectivity index (χ0) is 16.9. The van der Waals surface area contributed by atoms with Gasteiger partial charge < -0.3 is 10.3 Å². The van der Waals surface area contributed by atoms with Crippen LogP contribution >= 0.6 is 23.1 Å². The van der Waals surface area contributed by atoms with Crippen LogP contribution in [0.15, 0.2) is 40.9 Å². The summed E-state index contributed by atoms with van der Waals surface area (Å²) in [6.07, 6.45) is 0.827. The van der Waals surface area contributed by atoms with Crippen molar-refractivity contribution in [1.29, 1.82) is 0 Å². The second-order valence-corrected chi connectivity index (χ2v) is 7.21. The third-order valence-electron chi connectivity index (χ3n) is 3.37. The van der Waals surface area contributed by atoms with Gasteiger partial charge >= 0.3 is 0 Å². The van der Waals surface area contributed by atoms with E-state index < -0.39 is 0 Å². The highest BCUT2D eigenvalue weighted by molar-refractivity contribution is 7.98. The molecule has 0 aliphatic rings. The number of aryl methyl sites for hydroxylation is 1. The standard InChI is InChI=1S/C17H18N4OS2/c1-11-15(8-13-6-4-3-5-7-13)21-16(18-11)23-9-14-10-24-17(20-14)19-12(2)22/h3-7,10H,8-9H2,1-2H3,(H,18,21)(H,19,20,22). The predicted molar refractivity (Wildman–Crippen MR) is 98.6 cm³/mol. The fraction of sp³-hybridized carbons (Fsp3) is 0.235. The lowest BCUT2D eigenvalue weighted by atomic mass is 10.1. The normalized spacial score (nSPS) is 10.8. The maximum atomic E-state index is 11.0. The van der Waals surface area contributed by atoms with Crippen molar-refractivity contribution in [2.24, 2.45) is 0 Å². The van der Waals surface area contributed by atoms with E-state index in [0.29, 0.717) is 10.9 Å². The topological polar surface area (TPSA) is 70.7 Å². The lowest BCUT2D eigenvalue weighted by Gasteiger charge is -1.98. The number of benzene rings is 1. The third-order valence-corrected chi connectivity index (χ3v) is 5.08. The van der Waals surface area contributed by atoms with Gasteiger partial charge in [0.25, 0.3) is 0 Å². The Balaban J connectivity index is 1.61. The van der Waals surface area contributed by atoms with Crippen molar-refractivity contribution in [3.8, 4) is 0 Å². The second-order valence-electron chi connectivity index (χ2n) is 5.39. The molecule has 0 atom stereocenters. The molecule has 0 fully saturated rings. The number of thioether (sulfide) groups is 1. The van der Waals surface area contributed by atoms with Crippen molar-refractivity contribution in [1.82, 2.24) is 15.0 Å². The molecule has 24 heavy (non-hydrogen) atoms. The van der Waals surface area contributed by atoms with E-state index in [2.05, 4.69) is 32.4 Å². The quantitative estimate of drug-likeness (QED) is 0.653. The summed E-state index contributed by atoms with van der Waals surface area (Å²) in [5, 5.41) is 6.19. The number of rotatable bonds is 6. The lowest BCUT2D eigenvalue weighted by molar-refractivity contribution is -0.114. The van der Waals surface area contributed by atoms with Crippen LogP contribution in [-0.4, -0.2) is 20.9 Å². The third kappa shape index (κ3) is 4.46. The minimum absolute atomic E-state index is 0.101. The highest BCUT2D eigenvalue weighted by Gasteiger charge is 2.10. The Morgan fingerprint density at radius 2 is 2.08 bits per heavy atom. The molecule has 2 heterocycles. The van der Waals surface area contributed by atoms with Crippen LogP contribution in [0, 0.1) is 6.92 Å². The van der Waals surface area contributed by atoms with Gasteiger partial charge in [0.05, 0.1) is 11.4 Å². The second kappa shape index (κ2) is 7.63. The first-order valence-corrected chi connectivity index (χ1v) is 9.41. The Morgan fingerprint density at radius 1 is 1.29 bits per heavy atom. The van der Waals surface area contributed by atoms with Crippen LogP contribution in [0.5, 0.6) is 0 Å². The van der Waals surface area contributed by atoms with Crippen molar-refractivity contribution >= 4 is 34.1 Å². The number of nitrogens with zero attached hydrogens (tertiary/aromatic N) is 2. The molecule has 0 saturated heterocycles. The van der Waals surface area contributed by atoms with E-state index in [1.54, 1.807) is 11.8 Å². The molecule has 0 aliphatic carbocycles. The molecule has 0 unspecified atom stereocenters. The minimum atomic E-state index is -0.101. The summed E-state index contributed by atoms with van der Waals surface area (Å²) < 4.78 is 0. The number of imidazole rings is 1. The largest absolute Gasteiger partial charge is 0.337 e. The molecule has 1 amide bonds. The Hall–Kier alpha value is -2.12. The number of anilines is 1. The van der Waals surface area contributed by atoms with Crippen molar-refractivity contribution in [3.63, 3.8) is 0 Å². The summed E-state index contributed by atoms with van der Waals surface area (Å²) in [5.41, 5.74) is 4.36. The molecule has 0 saturated carbocycles. The number of thiazole rings is 1. The Morgan fingerprint density at radius 3 is 2.83 bits per heavy atom. The number of aromatic nitrogens is 3. The van der Waals surface area contributed by atoms with E-state index in [0.717, 1.165) is 28.7 Å². The summed E-state index contributed by atoms with van der Waals surface area (Å²) in [4.78, 5) is 23.4. The van der Waals surface area contributed by atoms with Gasteiger partial charge in [-0.3, -0.25) is 4.79 Å². The SMILES string of the molecule is CC(=O)Nc1nc(CSc2nc(Cc3ccccc3)c(C)[nH]2)cs1. The van der Waals surface area contributed by atoms with E-state index in [1.807, 2.05) is 30.5 Å². The number of carbonyl (C=O) groups is 1. The Kier molecular flexibility index (Phi) is 5.32. The highest BCUT2D eigenvalue weighted by Crippen LogP contribution is 2.25. The molecule has 124 valence electrons. The van der Waals surface area contributed by atoms with Gasteiger partial charge in [-0.15, -0.1) is 11.3 Å². The van der Waals surface area contributed by atoms with Gasteiger partial charge in [0.2, 0.25) is 5.91 Å². The highest BCUT2D eigenvalue weighted by atomic mass is 32.2. The first-order valence-electron chi connectivity index (χ1n) is 7.54. The summed E-state index contributed by atoms with van der Waals surface area (Å²) >= 11 is 3.05. The number of hydrogen-bond acceptors (Lipinski definition) is 5. The van der Waals surface area contributed by atoms with Crippen molar-refractivity contribution in [2.75, 3.05) is 5.32 Å². The Labute approximate surface area is 148 Å². The summed E-state index contributed by atoms with van der Waals surface area (Å²) in [7, 11) is 0. The van der Waals surface area contributed by atoms with Gasteiger partial charge in [0.1, 0.15) is 0 Å². The molecule has 5 nitrogen and oxygen atoms in total. The molecule has 0 radical (unpaired) electrons. The maximum absolute atomic E-state index is 11.0. The van der Waals surface area contributed by atoms with Gasteiger partial charge in [-0.05, 0) is 12.5 Å². The molecule has 0 spiro atoms. The van der Waals surface area contributed by atoms with Crippen LogP contribution in [-0.2, 0) is 17.0 Å². The fourth-order valence-electron chi connectivity index (χ4n) is 2.22. The number of carbonyl (C=O) groups excluding carboxylic acids is 1. The van der Waals surface area contributed by atoms with E-state index in [1.165, 1.54) is 23.8 Å². The van der Waals surface area contributed by atoms with Crippen molar-refractivity contribution in [3.05, 3.63) is 58.4 Å². The minimum Gasteiger partial charge on any atom is -0.337 e. The Bertz CT molecular complexity index is 826. The average molecular weight is 358 g/mol. The molecule has 2 aromatic heterocycles. The molecule has 3 rings (SSSR count). The van der Waals surface area contributed by atoms with Crippen LogP contribution in [0.3, 0.4) is 0 Å². The van der Waals surface area contributed by atoms with Crippen LogP contribution in [0.25, 0.3) is 0 Å². The number of amides is 1.